The van der Waals surface area contributed by atoms with Crippen molar-refractivity contribution in [2.24, 2.45) is 0 Å². The molecule has 0 bridgehead atoms. The van der Waals surface area contributed by atoms with E-state index in [0.717, 1.165) is 24.3 Å². The zero-order valence-corrected chi connectivity index (χ0v) is 30.0. The van der Waals surface area contributed by atoms with Crippen LogP contribution < -0.4 is 9.47 Å². The fourth-order valence-electron chi connectivity index (χ4n) is 5.34. The summed E-state index contributed by atoms with van der Waals surface area (Å²) in [7, 11) is -20.0. The van der Waals surface area contributed by atoms with E-state index in [1.807, 2.05) is 0 Å². The molecule has 0 saturated carbocycles. The molecule has 0 fully saturated rings. The van der Waals surface area contributed by atoms with Gasteiger partial charge in [-0.2, -0.15) is 42.5 Å². The standard InChI is InChI=1S/C32H16F6O14S4/c33-22-12-26(51-24-9-17(55(45,46)47)7-13-5-15(53(39,40)41)1-3-19(13)24)29(36)30(37)27(22)21-11-23(34)32(31(38)28(21)35)52-25-10-18(56(48,49)50)8-14-6-16(54(42,43)44)2-4-20(14)25/h1-12H,(H,39,40,41)(H,42,43,44)(H,45,46,47)(H,48,49,50). The molecule has 0 aliphatic rings. The normalized spacial score (nSPS) is 12.7. The van der Waals surface area contributed by atoms with Gasteiger partial charge in [0.2, 0.25) is 17.4 Å². The van der Waals surface area contributed by atoms with Crippen LogP contribution in [0.1, 0.15) is 0 Å². The highest BCUT2D eigenvalue weighted by atomic mass is 32.2. The van der Waals surface area contributed by atoms with Crippen molar-refractivity contribution in [1.29, 1.82) is 0 Å². The number of ether oxygens (including phenoxy) is 2. The van der Waals surface area contributed by atoms with Crippen molar-refractivity contribution in [3.63, 3.8) is 0 Å². The van der Waals surface area contributed by atoms with Gasteiger partial charge in [0.25, 0.3) is 40.5 Å². The van der Waals surface area contributed by atoms with Crippen LogP contribution in [0, 0.1) is 34.9 Å². The Balaban J connectivity index is 1.45. The summed E-state index contributed by atoms with van der Waals surface area (Å²) < 4.78 is 235. The Morgan fingerprint density at radius 1 is 0.411 bits per heavy atom. The van der Waals surface area contributed by atoms with Crippen molar-refractivity contribution >= 4 is 62.0 Å². The molecule has 0 saturated heterocycles. The van der Waals surface area contributed by atoms with E-state index >= 15 is 26.3 Å². The zero-order valence-electron chi connectivity index (χ0n) is 26.7. The summed E-state index contributed by atoms with van der Waals surface area (Å²) in [5, 5.41) is -1.38. The quantitative estimate of drug-likeness (QED) is 0.0647. The maximum Gasteiger partial charge on any atom is 0.294 e. The van der Waals surface area contributed by atoms with Gasteiger partial charge in [0, 0.05) is 34.5 Å². The van der Waals surface area contributed by atoms with Gasteiger partial charge in [-0.15, -0.1) is 0 Å². The predicted molar refractivity (Wildman–Crippen MR) is 179 cm³/mol. The lowest BCUT2D eigenvalue weighted by Crippen LogP contribution is -2.05. The molecule has 4 N–H and O–H groups in total. The van der Waals surface area contributed by atoms with Gasteiger partial charge in [-0.1, -0.05) is 0 Å². The molecule has 0 atom stereocenters. The minimum Gasteiger partial charge on any atom is -0.453 e. The summed E-state index contributed by atoms with van der Waals surface area (Å²) in [6.07, 6.45) is 0. The summed E-state index contributed by atoms with van der Waals surface area (Å²) in [5.41, 5.74) is -3.30. The van der Waals surface area contributed by atoms with Crippen LogP contribution in [0.25, 0.3) is 32.7 Å². The molecule has 294 valence electrons. The van der Waals surface area contributed by atoms with Crippen LogP contribution in [0.15, 0.2) is 92.4 Å². The molecule has 0 aromatic heterocycles. The summed E-state index contributed by atoms with van der Waals surface area (Å²) in [4.78, 5) is -3.60. The second-order valence-corrected chi connectivity index (χ2v) is 17.1. The van der Waals surface area contributed by atoms with Crippen LogP contribution in [0.2, 0.25) is 0 Å². The average Bonchev–Trinajstić information content (AvgIpc) is 3.08. The van der Waals surface area contributed by atoms with Gasteiger partial charge in [0.15, 0.2) is 23.2 Å². The number of fused-ring (bicyclic) bond motifs is 2. The third-order valence-electron chi connectivity index (χ3n) is 7.85. The molecule has 0 radical (unpaired) electrons. The maximum absolute atomic E-state index is 15.5. The average molecular weight is 867 g/mol. The molecular formula is C32H16F6O14S4. The Labute approximate surface area is 310 Å². The third-order valence-corrected chi connectivity index (χ3v) is 11.2. The number of benzene rings is 6. The van der Waals surface area contributed by atoms with Crippen molar-refractivity contribution in [2.45, 2.75) is 19.6 Å². The highest BCUT2D eigenvalue weighted by molar-refractivity contribution is 7.86. The van der Waals surface area contributed by atoms with Crippen LogP contribution in [-0.2, 0) is 40.5 Å². The van der Waals surface area contributed by atoms with Crippen molar-refractivity contribution in [2.75, 3.05) is 0 Å². The topological polar surface area (TPSA) is 236 Å². The second kappa shape index (κ2) is 13.7. The van der Waals surface area contributed by atoms with E-state index in [0.29, 0.717) is 36.4 Å². The van der Waals surface area contributed by atoms with Crippen molar-refractivity contribution in [3.8, 4) is 34.1 Å². The van der Waals surface area contributed by atoms with Crippen molar-refractivity contribution in [3.05, 3.63) is 108 Å². The summed E-state index contributed by atoms with van der Waals surface area (Å²) >= 11 is 0. The molecule has 6 rings (SSSR count). The minimum atomic E-state index is -5.14. The highest BCUT2D eigenvalue weighted by Gasteiger charge is 2.30. The first-order valence-corrected chi connectivity index (χ1v) is 20.3. The van der Waals surface area contributed by atoms with Gasteiger partial charge in [-0.3, -0.25) is 18.2 Å². The first kappa shape index (κ1) is 40.3. The Bertz CT molecular complexity index is 3150. The molecule has 6 aromatic rings. The van der Waals surface area contributed by atoms with E-state index in [9.17, 15) is 51.9 Å². The second-order valence-electron chi connectivity index (χ2n) is 11.4. The number of halogens is 6. The fraction of sp³-hybridized carbons (Fsp3) is 0. The molecule has 0 aliphatic carbocycles. The van der Waals surface area contributed by atoms with Crippen LogP contribution in [0.4, 0.5) is 26.3 Å². The summed E-state index contributed by atoms with van der Waals surface area (Å²) in [6.45, 7) is 0. The van der Waals surface area contributed by atoms with Crippen LogP contribution in [-0.4, -0.2) is 51.9 Å². The Morgan fingerprint density at radius 3 is 1.29 bits per heavy atom. The smallest absolute Gasteiger partial charge is 0.294 e. The van der Waals surface area contributed by atoms with Gasteiger partial charge < -0.3 is 9.47 Å². The zero-order chi connectivity index (χ0) is 41.4. The number of rotatable bonds is 9. The Morgan fingerprint density at radius 2 is 0.839 bits per heavy atom. The molecule has 24 heteroatoms. The van der Waals surface area contributed by atoms with Crippen LogP contribution in [0.5, 0.6) is 23.0 Å². The Kier molecular flexibility index (Phi) is 9.86. The molecule has 0 aliphatic heterocycles. The first-order valence-electron chi connectivity index (χ1n) is 14.5. The van der Waals surface area contributed by atoms with Crippen LogP contribution >= 0.6 is 0 Å². The van der Waals surface area contributed by atoms with E-state index in [1.54, 1.807) is 0 Å². The lowest BCUT2D eigenvalue weighted by Gasteiger charge is -2.16. The van der Waals surface area contributed by atoms with Gasteiger partial charge >= 0.3 is 0 Å². The third kappa shape index (κ3) is 7.59. The van der Waals surface area contributed by atoms with E-state index in [4.69, 9.17) is 9.47 Å². The number of hydrogen-bond donors (Lipinski definition) is 4. The van der Waals surface area contributed by atoms with Crippen LogP contribution in [0.3, 0.4) is 0 Å². The molecule has 56 heavy (non-hydrogen) atoms. The van der Waals surface area contributed by atoms with Gasteiger partial charge in [0.05, 0.1) is 25.1 Å². The molecule has 0 unspecified atom stereocenters. The first-order chi connectivity index (χ1) is 25.8. The van der Waals surface area contributed by atoms with E-state index in [1.165, 1.54) is 0 Å². The van der Waals surface area contributed by atoms with Gasteiger partial charge in [0.1, 0.15) is 17.3 Å². The van der Waals surface area contributed by atoms with Crippen molar-refractivity contribution in [1.82, 2.24) is 0 Å². The largest absolute Gasteiger partial charge is 0.453 e. The SMILES string of the molecule is O=S(=O)(O)c1ccc2c(Oc3cc(F)c(-c4cc(F)c(Oc5cc(S(=O)(=O)O)cc6cc(S(=O)(=O)O)ccc56)c(F)c4F)c(F)c3F)cc(S(=O)(=O)O)cc2c1. The fourth-order valence-corrected chi connectivity index (χ4v) is 7.43. The summed E-state index contributed by atoms with van der Waals surface area (Å²) in [5.74, 6) is -17.6. The predicted octanol–water partition coefficient (Wildman–Crippen LogP) is 7.07. The molecule has 0 heterocycles. The highest BCUT2D eigenvalue weighted by Crippen LogP contribution is 2.43. The minimum absolute atomic E-state index is 0.0453. The monoisotopic (exact) mass is 866 g/mol. The van der Waals surface area contributed by atoms with Crippen molar-refractivity contribution < 1.29 is 87.7 Å². The van der Waals surface area contributed by atoms with E-state index < -0.39 is 134 Å². The van der Waals surface area contributed by atoms with E-state index in [2.05, 4.69) is 0 Å². The van der Waals surface area contributed by atoms with E-state index in [-0.39, 0.29) is 28.3 Å². The Hall–Kier alpha value is -5.34. The molecule has 0 spiro atoms. The molecule has 0 amide bonds. The molecule has 6 aromatic carbocycles. The van der Waals surface area contributed by atoms with Gasteiger partial charge in [-0.25, -0.2) is 17.6 Å². The molecular weight excluding hydrogens is 851 g/mol. The lowest BCUT2D eigenvalue weighted by molar-refractivity contribution is 0.388. The molecule has 14 nitrogen and oxygen atoms in total. The van der Waals surface area contributed by atoms with Gasteiger partial charge in [-0.05, 0) is 65.4 Å². The summed E-state index contributed by atoms with van der Waals surface area (Å²) in [6, 6.07) is 7.15. The lowest BCUT2D eigenvalue weighted by atomic mass is 10.0. The maximum atomic E-state index is 15.5. The number of hydrogen-bond acceptors (Lipinski definition) is 10.